The van der Waals surface area contributed by atoms with E-state index < -0.39 is 6.10 Å². The summed E-state index contributed by atoms with van der Waals surface area (Å²) < 4.78 is 5.39. The van der Waals surface area contributed by atoms with Crippen LogP contribution in [0.4, 0.5) is 4.79 Å². The Bertz CT molecular complexity index is 720. The van der Waals surface area contributed by atoms with Crippen molar-refractivity contribution in [2.75, 3.05) is 13.2 Å². The first-order valence-corrected chi connectivity index (χ1v) is 11.0. The number of ether oxygens (including phenoxy) is 1. The van der Waals surface area contributed by atoms with Crippen molar-refractivity contribution in [1.29, 1.82) is 0 Å². The van der Waals surface area contributed by atoms with Gasteiger partial charge in [0.15, 0.2) is 0 Å². The predicted molar refractivity (Wildman–Crippen MR) is 107 cm³/mol. The molecule has 3 bridgehead atoms. The second kappa shape index (κ2) is 7.03. The van der Waals surface area contributed by atoms with Gasteiger partial charge in [-0.1, -0.05) is 43.2 Å². The summed E-state index contributed by atoms with van der Waals surface area (Å²) in [5.41, 5.74) is 1.51. The number of nitrogens with zero attached hydrogens (tertiary/aromatic N) is 2. The molecule has 0 radical (unpaired) electrons. The van der Waals surface area contributed by atoms with Crippen molar-refractivity contribution >= 4 is 6.09 Å². The highest BCUT2D eigenvalue weighted by Gasteiger charge is 2.65. The van der Waals surface area contributed by atoms with Crippen LogP contribution >= 0.6 is 0 Å². The molecule has 5 nitrogen and oxygen atoms in total. The summed E-state index contributed by atoms with van der Waals surface area (Å²) in [6.45, 7) is 4.14. The summed E-state index contributed by atoms with van der Waals surface area (Å²) in [4.78, 5) is 17.1. The highest BCUT2D eigenvalue weighted by Crippen LogP contribution is 2.58. The Kier molecular flexibility index (Phi) is 4.63. The number of piperidine rings is 2. The van der Waals surface area contributed by atoms with Crippen LogP contribution in [-0.2, 0) is 11.3 Å². The molecule has 1 aromatic rings. The van der Waals surface area contributed by atoms with Crippen molar-refractivity contribution in [2.45, 2.75) is 76.2 Å². The summed E-state index contributed by atoms with van der Waals surface area (Å²) in [5, 5.41) is 11.3. The van der Waals surface area contributed by atoms with Gasteiger partial charge < -0.3 is 9.84 Å². The van der Waals surface area contributed by atoms with Crippen molar-refractivity contribution in [2.24, 2.45) is 11.3 Å². The molecule has 1 amide bonds. The van der Waals surface area contributed by atoms with Gasteiger partial charge in [-0.25, -0.2) is 4.79 Å². The Balaban J connectivity index is 1.49. The average Bonchev–Trinajstić information content (AvgIpc) is 3.27. The Morgan fingerprint density at radius 3 is 2.61 bits per heavy atom. The number of fused-ring (bicyclic) bond motifs is 2. The van der Waals surface area contributed by atoms with Crippen LogP contribution in [0.1, 0.15) is 51.0 Å². The molecule has 3 heterocycles. The lowest BCUT2D eigenvalue weighted by Crippen LogP contribution is -2.63. The molecule has 3 aliphatic heterocycles. The molecular formula is C23H32N2O3. The summed E-state index contributed by atoms with van der Waals surface area (Å²) in [7, 11) is 0. The summed E-state index contributed by atoms with van der Waals surface area (Å²) in [5.74, 6) is 0.728. The molecule has 28 heavy (non-hydrogen) atoms. The fourth-order valence-corrected chi connectivity index (χ4v) is 6.93. The molecule has 1 N–H and O–H groups in total. The average molecular weight is 385 g/mol. The molecule has 5 heteroatoms. The lowest BCUT2D eigenvalue weighted by molar-refractivity contribution is -0.0678. The highest BCUT2D eigenvalue weighted by atomic mass is 16.6. The standard InChI is InChI=1S/C23H32N2O3/c1-2-28-22(27)25-18-12-23(17-10-6-7-11-17)13-19(25)21(26)20(18)24(15-23)14-16-8-4-3-5-9-16/h3-5,8-9,17-21,26H,2,6-7,10-15H2,1H3/t18?,19?,20?,21-,23?/m0/s1. The van der Waals surface area contributed by atoms with Crippen LogP contribution in [0.25, 0.3) is 0 Å². The van der Waals surface area contributed by atoms with E-state index in [0.29, 0.717) is 6.61 Å². The van der Waals surface area contributed by atoms with Crippen molar-refractivity contribution in [3.63, 3.8) is 0 Å². The number of aliphatic hydroxyl groups is 1. The maximum atomic E-state index is 12.7. The molecular weight excluding hydrogens is 352 g/mol. The zero-order valence-corrected chi connectivity index (χ0v) is 16.8. The second-order valence-corrected chi connectivity index (χ2v) is 9.36. The lowest BCUT2D eigenvalue weighted by Gasteiger charge is -2.55. The van der Waals surface area contributed by atoms with E-state index in [1.165, 1.54) is 31.2 Å². The number of benzene rings is 1. The van der Waals surface area contributed by atoms with Gasteiger partial charge in [0.25, 0.3) is 0 Å². The van der Waals surface area contributed by atoms with Crippen LogP contribution in [0, 0.1) is 11.3 Å². The molecule has 4 fully saturated rings. The lowest BCUT2D eigenvalue weighted by atomic mass is 9.63. The molecule has 0 spiro atoms. The topological polar surface area (TPSA) is 53.0 Å². The SMILES string of the molecule is CCOC(=O)N1C2CC3(C4CCCC4)CC1[C@H](O)C2N(Cc1ccccc1)C3. The summed E-state index contributed by atoms with van der Waals surface area (Å²) >= 11 is 0. The van der Waals surface area contributed by atoms with E-state index in [9.17, 15) is 9.90 Å². The third-order valence-electron chi connectivity index (χ3n) is 7.95. The first kappa shape index (κ1) is 18.4. The number of carbonyl (C=O) groups is 1. The van der Waals surface area contributed by atoms with Crippen LogP contribution in [0.3, 0.4) is 0 Å². The van der Waals surface area contributed by atoms with Crippen molar-refractivity contribution < 1.29 is 14.6 Å². The van der Waals surface area contributed by atoms with Crippen LogP contribution in [0.15, 0.2) is 30.3 Å². The minimum Gasteiger partial charge on any atom is -0.450 e. The Labute approximate surface area is 167 Å². The molecule has 3 saturated heterocycles. The normalized spacial score (nSPS) is 37.6. The number of amides is 1. The van der Waals surface area contributed by atoms with E-state index in [-0.39, 0.29) is 29.6 Å². The molecule has 152 valence electrons. The number of rotatable bonds is 4. The largest absolute Gasteiger partial charge is 0.450 e. The van der Waals surface area contributed by atoms with Crippen LogP contribution in [-0.4, -0.2) is 58.4 Å². The first-order valence-electron chi connectivity index (χ1n) is 11.0. The van der Waals surface area contributed by atoms with Crippen LogP contribution in [0.5, 0.6) is 0 Å². The van der Waals surface area contributed by atoms with Gasteiger partial charge in [0, 0.05) is 13.1 Å². The van der Waals surface area contributed by atoms with E-state index >= 15 is 0 Å². The van der Waals surface area contributed by atoms with Gasteiger partial charge in [0.1, 0.15) is 0 Å². The van der Waals surface area contributed by atoms with Gasteiger partial charge in [0.05, 0.1) is 30.8 Å². The minimum absolute atomic E-state index is 0.0200. The molecule has 1 aromatic carbocycles. The zero-order chi connectivity index (χ0) is 19.3. The molecule has 5 atom stereocenters. The number of likely N-dealkylation sites (tertiary alicyclic amines) is 1. The number of carbonyl (C=O) groups excluding carboxylic acids is 1. The fourth-order valence-electron chi connectivity index (χ4n) is 6.93. The number of hydrogen-bond donors (Lipinski definition) is 1. The van der Waals surface area contributed by atoms with Crippen LogP contribution in [0.2, 0.25) is 0 Å². The molecule has 1 aliphatic carbocycles. The van der Waals surface area contributed by atoms with Gasteiger partial charge in [-0.3, -0.25) is 9.80 Å². The summed E-state index contributed by atoms with van der Waals surface area (Å²) in [6.07, 6.45) is 6.50. The van der Waals surface area contributed by atoms with Crippen LogP contribution < -0.4 is 0 Å². The molecule has 1 saturated carbocycles. The van der Waals surface area contributed by atoms with E-state index in [1.54, 1.807) is 0 Å². The van der Waals surface area contributed by atoms with Gasteiger partial charge in [-0.2, -0.15) is 0 Å². The van der Waals surface area contributed by atoms with E-state index in [2.05, 4.69) is 29.2 Å². The maximum absolute atomic E-state index is 12.7. The highest BCUT2D eigenvalue weighted by molar-refractivity contribution is 5.70. The molecule has 0 aromatic heterocycles. The fraction of sp³-hybridized carbons (Fsp3) is 0.696. The minimum atomic E-state index is -0.483. The molecule has 4 aliphatic rings. The molecule has 5 rings (SSSR count). The van der Waals surface area contributed by atoms with Gasteiger partial charge in [-0.05, 0) is 49.5 Å². The third-order valence-corrected chi connectivity index (χ3v) is 7.95. The maximum Gasteiger partial charge on any atom is 0.410 e. The van der Waals surface area contributed by atoms with Gasteiger partial charge in [-0.15, -0.1) is 0 Å². The smallest absolute Gasteiger partial charge is 0.410 e. The Hall–Kier alpha value is -1.59. The van der Waals surface area contributed by atoms with Crippen molar-refractivity contribution in [1.82, 2.24) is 9.80 Å². The Morgan fingerprint density at radius 2 is 1.89 bits per heavy atom. The van der Waals surface area contributed by atoms with E-state index in [1.807, 2.05) is 17.9 Å². The first-order chi connectivity index (χ1) is 13.6. The van der Waals surface area contributed by atoms with E-state index in [0.717, 1.165) is 31.8 Å². The number of hydrogen-bond acceptors (Lipinski definition) is 4. The molecule has 4 unspecified atom stereocenters. The zero-order valence-electron chi connectivity index (χ0n) is 16.8. The van der Waals surface area contributed by atoms with Gasteiger partial charge >= 0.3 is 6.09 Å². The van der Waals surface area contributed by atoms with Crippen molar-refractivity contribution in [3.8, 4) is 0 Å². The second-order valence-electron chi connectivity index (χ2n) is 9.36. The van der Waals surface area contributed by atoms with Crippen molar-refractivity contribution in [3.05, 3.63) is 35.9 Å². The predicted octanol–water partition coefficient (Wildman–Crippen LogP) is 3.41. The van der Waals surface area contributed by atoms with E-state index in [4.69, 9.17) is 4.74 Å². The third kappa shape index (κ3) is 2.78. The monoisotopic (exact) mass is 384 g/mol. The summed E-state index contributed by atoms with van der Waals surface area (Å²) in [6, 6.07) is 10.5. The van der Waals surface area contributed by atoms with Gasteiger partial charge in [0.2, 0.25) is 0 Å². The Morgan fingerprint density at radius 1 is 1.18 bits per heavy atom. The quantitative estimate of drug-likeness (QED) is 0.864. The number of aliphatic hydroxyl groups excluding tert-OH is 1.